The molecule has 1 fully saturated rings. The Kier molecular flexibility index (Phi) is 6.95. The predicted octanol–water partition coefficient (Wildman–Crippen LogP) is 4.86. The number of aryl methyl sites for hydroxylation is 1. The third-order valence-electron chi connectivity index (χ3n) is 6.55. The molecule has 2 aromatic heterocycles. The lowest BCUT2D eigenvalue weighted by Gasteiger charge is -2.28. The van der Waals surface area contributed by atoms with Crippen molar-refractivity contribution in [2.24, 2.45) is 0 Å². The van der Waals surface area contributed by atoms with Crippen molar-refractivity contribution in [1.82, 2.24) is 20.1 Å². The van der Waals surface area contributed by atoms with Gasteiger partial charge in [-0.1, -0.05) is 23.8 Å². The van der Waals surface area contributed by atoms with Gasteiger partial charge < -0.3 is 14.5 Å². The minimum absolute atomic E-state index is 0.0625. The number of benzene rings is 2. The molecular weight excluding hydrogens is 457 g/mol. The van der Waals surface area contributed by atoms with Crippen LogP contribution in [0.3, 0.4) is 0 Å². The number of ether oxygens (including phenoxy) is 1. The highest BCUT2D eigenvalue weighted by Crippen LogP contribution is 2.28. The number of hydrogen-bond acceptors (Lipinski definition) is 5. The maximum atomic E-state index is 14.6. The van der Waals surface area contributed by atoms with E-state index in [1.54, 1.807) is 23.2 Å². The van der Waals surface area contributed by atoms with Gasteiger partial charge in [-0.05, 0) is 56.2 Å². The summed E-state index contributed by atoms with van der Waals surface area (Å²) in [4.78, 5) is 22.3. The topological polar surface area (TPSA) is 74.3 Å². The highest BCUT2D eigenvalue weighted by molar-refractivity contribution is 5.94. The van der Waals surface area contributed by atoms with Crippen molar-refractivity contribution >= 4 is 22.6 Å². The molecule has 0 aliphatic carbocycles. The molecule has 0 radical (unpaired) electrons. The van der Waals surface area contributed by atoms with Crippen LogP contribution >= 0.6 is 0 Å². The van der Waals surface area contributed by atoms with Crippen LogP contribution in [0.25, 0.3) is 10.9 Å². The number of carbonyl (C=O) groups is 1. The van der Waals surface area contributed by atoms with E-state index in [1.165, 1.54) is 12.1 Å². The quantitative estimate of drug-likeness (QED) is 0.384. The number of H-pyrrole nitrogens is 1. The molecule has 7 nitrogen and oxygen atoms in total. The monoisotopic (exact) mass is 487 g/mol. The van der Waals surface area contributed by atoms with Gasteiger partial charge in [0, 0.05) is 43.9 Å². The van der Waals surface area contributed by atoms with Crippen LogP contribution in [0.4, 0.5) is 10.2 Å². The van der Waals surface area contributed by atoms with E-state index in [0.29, 0.717) is 19.7 Å². The van der Waals surface area contributed by atoms with Gasteiger partial charge in [-0.15, -0.1) is 0 Å². The Hall–Kier alpha value is -3.78. The van der Waals surface area contributed by atoms with E-state index in [4.69, 9.17) is 9.72 Å². The van der Waals surface area contributed by atoms with Crippen LogP contribution in [0.1, 0.15) is 40.0 Å². The number of pyridine rings is 1. The number of anilines is 1. The molecule has 36 heavy (non-hydrogen) atoms. The second kappa shape index (κ2) is 10.5. The number of hydrogen-bond donors (Lipinski definition) is 1. The summed E-state index contributed by atoms with van der Waals surface area (Å²) in [5, 5.41) is 8.04. The number of nitrogens with zero attached hydrogens (tertiary/aromatic N) is 4. The molecule has 0 saturated carbocycles. The van der Waals surface area contributed by atoms with Gasteiger partial charge in [0.25, 0.3) is 5.91 Å². The SMILES string of the molecule is Cc1ccc2nc(N(C)Cc3ccn[nH]3)c(CN(C[C@H]3CCCO3)C(=O)c3ccccc3F)cc2c1. The molecule has 5 rings (SSSR count). The van der Waals surface area contributed by atoms with Crippen molar-refractivity contribution < 1.29 is 13.9 Å². The van der Waals surface area contributed by atoms with Gasteiger partial charge >= 0.3 is 0 Å². The summed E-state index contributed by atoms with van der Waals surface area (Å²) in [6.07, 6.45) is 3.49. The van der Waals surface area contributed by atoms with Crippen molar-refractivity contribution in [3.05, 3.63) is 89.0 Å². The first-order valence-electron chi connectivity index (χ1n) is 12.2. The summed E-state index contributed by atoms with van der Waals surface area (Å²) in [5.74, 6) is -0.113. The zero-order valence-corrected chi connectivity index (χ0v) is 20.6. The minimum Gasteiger partial charge on any atom is -0.376 e. The fraction of sp³-hybridized carbons (Fsp3) is 0.321. The molecule has 0 unspecified atom stereocenters. The molecule has 8 heteroatoms. The molecule has 186 valence electrons. The minimum atomic E-state index is -0.524. The van der Waals surface area contributed by atoms with Gasteiger partial charge in [-0.25, -0.2) is 9.37 Å². The summed E-state index contributed by atoms with van der Waals surface area (Å²) >= 11 is 0. The molecule has 1 saturated heterocycles. The van der Waals surface area contributed by atoms with Crippen LogP contribution in [0.2, 0.25) is 0 Å². The van der Waals surface area contributed by atoms with E-state index in [-0.39, 0.29) is 24.1 Å². The van der Waals surface area contributed by atoms with E-state index in [2.05, 4.69) is 22.3 Å². The van der Waals surface area contributed by atoms with Crippen LogP contribution < -0.4 is 4.90 Å². The largest absolute Gasteiger partial charge is 0.376 e. The molecule has 2 aromatic carbocycles. The molecule has 1 atom stereocenters. The van der Waals surface area contributed by atoms with Crippen molar-refractivity contribution in [1.29, 1.82) is 0 Å². The number of carbonyl (C=O) groups excluding carboxylic acids is 1. The Labute approximate surface area is 209 Å². The highest BCUT2D eigenvalue weighted by Gasteiger charge is 2.27. The number of rotatable bonds is 8. The van der Waals surface area contributed by atoms with Crippen LogP contribution in [-0.2, 0) is 17.8 Å². The van der Waals surface area contributed by atoms with Crippen molar-refractivity contribution in [2.75, 3.05) is 25.1 Å². The first kappa shape index (κ1) is 23.9. The zero-order chi connectivity index (χ0) is 25.1. The van der Waals surface area contributed by atoms with Gasteiger partial charge in [0.05, 0.1) is 29.4 Å². The number of nitrogens with one attached hydrogen (secondary N) is 1. The zero-order valence-electron chi connectivity index (χ0n) is 20.6. The Morgan fingerprint density at radius 2 is 2.03 bits per heavy atom. The summed E-state index contributed by atoms with van der Waals surface area (Å²) in [6, 6.07) is 16.3. The molecule has 0 spiro atoms. The number of aromatic nitrogens is 3. The van der Waals surface area contributed by atoms with Crippen LogP contribution in [0.5, 0.6) is 0 Å². The maximum Gasteiger partial charge on any atom is 0.257 e. The third-order valence-corrected chi connectivity index (χ3v) is 6.55. The number of fused-ring (bicyclic) bond motifs is 1. The second-order valence-electron chi connectivity index (χ2n) is 9.41. The first-order chi connectivity index (χ1) is 17.5. The molecule has 1 aliphatic rings. The molecule has 1 amide bonds. The average Bonchev–Trinajstić information content (AvgIpc) is 3.57. The molecule has 1 N–H and O–H groups in total. The van der Waals surface area contributed by atoms with Crippen molar-refractivity contribution in [3.8, 4) is 0 Å². The molecule has 3 heterocycles. The van der Waals surface area contributed by atoms with Gasteiger partial charge in [0.15, 0.2) is 0 Å². The Balaban J connectivity index is 1.54. The van der Waals surface area contributed by atoms with E-state index in [0.717, 1.165) is 46.4 Å². The Morgan fingerprint density at radius 3 is 2.78 bits per heavy atom. The smallest absolute Gasteiger partial charge is 0.257 e. The predicted molar refractivity (Wildman–Crippen MR) is 137 cm³/mol. The maximum absolute atomic E-state index is 14.6. The van der Waals surface area contributed by atoms with Crippen LogP contribution in [-0.4, -0.2) is 52.3 Å². The summed E-state index contributed by atoms with van der Waals surface area (Å²) in [7, 11) is 1.97. The lowest BCUT2D eigenvalue weighted by atomic mass is 10.1. The van der Waals surface area contributed by atoms with Gasteiger partial charge in [0.2, 0.25) is 0 Å². The average molecular weight is 488 g/mol. The lowest BCUT2D eigenvalue weighted by molar-refractivity contribution is 0.0504. The highest BCUT2D eigenvalue weighted by atomic mass is 19.1. The normalized spacial score (nSPS) is 15.4. The fourth-order valence-electron chi connectivity index (χ4n) is 4.74. The van der Waals surface area contributed by atoms with Gasteiger partial charge in [-0.2, -0.15) is 5.10 Å². The van der Waals surface area contributed by atoms with Crippen molar-refractivity contribution in [3.63, 3.8) is 0 Å². The van der Waals surface area contributed by atoms with E-state index in [1.807, 2.05) is 37.1 Å². The van der Waals surface area contributed by atoms with Crippen LogP contribution in [0.15, 0.2) is 60.8 Å². The summed E-state index contributed by atoms with van der Waals surface area (Å²) in [5.41, 5.74) is 3.91. The standard InChI is InChI=1S/C28H30FN5O2/c1-19-9-10-26-20(14-19)15-21(27(31-26)33(2)17-22-11-12-30-32-22)16-34(18-23-6-5-13-36-23)28(35)24-7-3-4-8-25(24)29/h3-4,7-12,14-15,23H,5-6,13,16-18H2,1-2H3,(H,30,32)/t23-/m1/s1. The lowest BCUT2D eigenvalue weighted by Crippen LogP contribution is -2.38. The number of amides is 1. The molecule has 4 aromatic rings. The number of aromatic amines is 1. The first-order valence-corrected chi connectivity index (χ1v) is 12.2. The molecule has 0 bridgehead atoms. The van der Waals surface area contributed by atoms with Gasteiger partial charge in [0.1, 0.15) is 11.6 Å². The summed E-state index contributed by atoms with van der Waals surface area (Å²) < 4.78 is 20.5. The second-order valence-corrected chi connectivity index (χ2v) is 9.41. The molecular formula is C28H30FN5O2. The Bertz CT molecular complexity index is 1350. The van der Waals surface area contributed by atoms with Crippen LogP contribution in [0, 0.1) is 12.7 Å². The Morgan fingerprint density at radius 1 is 1.17 bits per heavy atom. The molecule has 1 aliphatic heterocycles. The van der Waals surface area contributed by atoms with Gasteiger partial charge in [-0.3, -0.25) is 9.89 Å². The summed E-state index contributed by atoms with van der Waals surface area (Å²) in [6.45, 7) is 3.98. The third kappa shape index (κ3) is 5.23. The fourth-order valence-corrected chi connectivity index (χ4v) is 4.74. The van der Waals surface area contributed by atoms with Crippen molar-refractivity contribution in [2.45, 2.75) is 39.0 Å². The van der Waals surface area contributed by atoms with E-state index >= 15 is 0 Å². The van der Waals surface area contributed by atoms with E-state index in [9.17, 15) is 9.18 Å². The van der Waals surface area contributed by atoms with E-state index < -0.39 is 5.82 Å². The number of halogens is 1.